The van der Waals surface area contributed by atoms with Gasteiger partial charge >= 0.3 is 0 Å². The first-order chi connectivity index (χ1) is 10.0. The molecule has 5 nitrogen and oxygen atoms in total. The van der Waals surface area contributed by atoms with E-state index in [1.54, 1.807) is 0 Å². The SMILES string of the molecule is CCNc1nc(CC)nc(N(C)CC2CCN(C)C2)c1C. The van der Waals surface area contributed by atoms with Crippen molar-refractivity contribution in [2.24, 2.45) is 5.92 Å². The third-order valence-corrected chi connectivity index (χ3v) is 4.21. The molecule has 5 heteroatoms. The van der Waals surface area contributed by atoms with Crippen LogP contribution in [-0.4, -0.2) is 55.1 Å². The molecule has 1 aromatic heterocycles. The third-order valence-electron chi connectivity index (χ3n) is 4.21. The largest absolute Gasteiger partial charge is 0.370 e. The van der Waals surface area contributed by atoms with Crippen LogP contribution in [0.3, 0.4) is 0 Å². The van der Waals surface area contributed by atoms with Crippen molar-refractivity contribution in [3.05, 3.63) is 11.4 Å². The van der Waals surface area contributed by atoms with E-state index in [-0.39, 0.29) is 0 Å². The molecule has 118 valence electrons. The summed E-state index contributed by atoms with van der Waals surface area (Å²) in [6.07, 6.45) is 2.15. The number of rotatable bonds is 6. The number of anilines is 2. The molecule has 0 amide bonds. The van der Waals surface area contributed by atoms with Crippen molar-refractivity contribution in [1.29, 1.82) is 0 Å². The summed E-state index contributed by atoms with van der Waals surface area (Å²) in [7, 11) is 4.36. The zero-order valence-electron chi connectivity index (χ0n) is 14.1. The van der Waals surface area contributed by atoms with E-state index in [1.165, 1.54) is 19.5 Å². The van der Waals surface area contributed by atoms with E-state index in [0.717, 1.165) is 48.5 Å². The van der Waals surface area contributed by atoms with Gasteiger partial charge in [0.15, 0.2) is 0 Å². The Bertz CT molecular complexity index is 474. The van der Waals surface area contributed by atoms with Crippen molar-refractivity contribution in [3.8, 4) is 0 Å². The molecule has 1 atom stereocenters. The van der Waals surface area contributed by atoms with Crippen LogP contribution >= 0.6 is 0 Å². The van der Waals surface area contributed by atoms with Gasteiger partial charge < -0.3 is 15.1 Å². The lowest BCUT2D eigenvalue weighted by molar-refractivity contribution is 0.395. The van der Waals surface area contributed by atoms with Crippen LogP contribution in [0.4, 0.5) is 11.6 Å². The van der Waals surface area contributed by atoms with Gasteiger partial charge in [0.1, 0.15) is 17.5 Å². The lowest BCUT2D eigenvalue weighted by Crippen LogP contribution is -2.29. The normalized spacial score (nSPS) is 19.0. The van der Waals surface area contributed by atoms with Crippen molar-refractivity contribution < 1.29 is 0 Å². The molecule has 0 aliphatic carbocycles. The molecular formula is C16H29N5. The van der Waals surface area contributed by atoms with Crippen molar-refractivity contribution in [2.75, 3.05) is 50.5 Å². The van der Waals surface area contributed by atoms with Gasteiger partial charge in [-0.1, -0.05) is 6.92 Å². The molecule has 1 unspecified atom stereocenters. The number of aryl methyl sites for hydroxylation is 1. The molecular weight excluding hydrogens is 262 g/mol. The summed E-state index contributed by atoms with van der Waals surface area (Å²) in [6.45, 7) is 10.7. The maximum absolute atomic E-state index is 4.76. The number of hydrogen-bond donors (Lipinski definition) is 1. The van der Waals surface area contributed by atoms with E-state index in [1.807, 2.05) is 0 Å². The number of likely N-dealkylation sites (tertiary alicyclic amines) is 1. The minimum atomic E-state index is 0.738. The van der Waals surface area contributed by atoms with Gasteiger partial charge in [0, 0.05) is 38.7 Å². The van der Waals surface area contributed by atoms with Gasteiger partial charge in [-0.15, -0.1) is 0 Å². The predicted octanol–water partition coefficient (Wildman–Crippen LogP) is 2.17. The highest BCUT2D eigenvalue weighted by molar-refractivity contribution is 5.58. The average Bonchev–Trinajstić information content (AvgIpc) is 2.86. The molecule has 0 spiro atoms. The summed E-state index contributed by atoms with van der Waals surface area (Å²) in [5.41, 5.74) is 1.16. The highest BCUT2D eigenvalue weighted by Gasteiger charge is 2.22. The zero-order chi connectivity index (χ0) is 15.4. The molecule has 2 heterocycles. The van der Waals surface area contributed by atoms with E-state index < -0.39 is 0 Å². The maximum atomic E-state index is 4.76. The minimum absolute atomic E-state index is 0.738. The van der Waals surface area contributed by atoms with Crippen LogP contribution in [0.2, 0.25) is 0 Å². The van der Waals surface area contributed by atoms with Gasteiger partial charge in [-0.05, 0) is 39.8 Å². The fraction of sp³-hybridized carbons (Fsp3) is 0.750. The number of nitrogens with zero attached hydrogens (tertiary/aromatic N) is 4. The Hall–Kier alpha value is -1.36. The highest BCUT2D eigenvalue weighted by Crippen LogP contribution is 2.25. The second kappa shape index (κ2) is 7.07. The molecule has 1 aliphatic rings. The van der Waals surface area contributed by atoms with Crippen molar-refractivity contribution in [1.82, 2.24) is 14.9 Å². The summed E-state index contributed by atoms with van der Waals surface area (Å²) in [4.78, 5) is 14.1. The summed E-state index contributed by atoms with van der Waals surface area (Å²) in [5, 5.41) is 3.36. The first-order valence-electron chi connectivity index (χ1n) is 8.06. The van der Waals surface area contributed by atoms with Gasteiger partial charge in [-0.25, -0.2) is 9.97 Å². The molecule has 1 aromatic rings. The fourth-order valence-electron chi connectivity index (χ4n) is 3.07. The third kappa shape index (κ3) is 3.84. The summed E-state index contributed by atoms with van der Waals surface area (Å²) >= 11 is 0. The standard InChI is InChI=1S/C16H29N5/c1-6-14-18-15(17-7-2)12(3)16(19-14)21(5)11-13-8-9-20(4)10-13/h13H,6-11H2,1-5H3,(H,17,18,19). The minimum Gasteiger partial charge on any atom is -0.370 e. The van der Waals surface area contributed by atoms with Crippen molar-refractivity contribution >= 4 is 11.6 Å². The van der Waals surface area contributed by atoms with Crippen LogP contribution in [0.25, 0.3) is 0 Å². The first-order valence-corrected chi connectivity index (χ1v) is 8.06. The zero-order valence-corrected chi connectivity index (χ0v) is 14.1. The van der Waals surface area contributed by atoms with Gasteiger partial charge in [0.05, 0.1) is 0 Å². The second-order valence-electron chi connectivity index (χ2n) is 6.12. The predicted molar refractivity (Wildman–Crippen MR) is 89.2 cm³/mol. The van der Waals surface area contributed by atoms with Crippen LogP contribution in [0.15, 0.2) is 0 Å². The number of nitrogens with one attached hydrogen (secondary N) is 1. The second-order valence-corrected chi connectivity index (χ2v) is 6.12. The molecule has 2 rings (SSSR count). The van der Waals surface area contributed by atoms with Crippen molar-refractivity contribution in [2.45, 2.75) is 33.6 Å². The molecule has 1 saturated heterocycles. The van der Waals surface area contributed by atoms with Crippen LogP contribution in [0.5, 0.6) is 0 Å². The Morgan fingerprint density at radius 2 is 2.10 bits per heavy atom. The van der Waals surface area contributed by atoms with Gasteiger partial charge in [-0.3, -0.25) is 0 Å². The summed E-state index contributed by atoms with van der Waals surface area (Å²) in [6, 6.07) is 0. The fourth-order valence-corrected chi connectivity index (χ4v) is 3.07. The smallest absolute Gasteiger partial charge is 0.137 e. The van der Waals surface area contributed by atoms with Crippen LogP contribution in [0.1, 0.15) is 31.7 Å². The number of aromatic nitrogens is 2. The Balaban J connectivity index is 2.18. The van der Waals surface area contributed by atoms with Crippen LogP contribution < -0.4 is 10.2 Å². The lowest BCUT2D eigenvalue weighted by atomic mass is 10.1. The van der Waals surface area contributed by atoms with Gasteiger partial charge in [0.25, 0.3) is 0 Å². The molecule has 21 heavy (non-hydrogen) atoms. The summed E-state index contributed by atoms with van der Waals surface area (Å²) < 4.78 is 0. The molecule has 0 radical (unpaired) electrons. The van der Waals surface area contributed by atoms with E-state index in [2.05, 4.69) is 55.0 Å². The van der Waals surface area contributed by atoms with E-state index >= 15 is 0 Å². The number of hydrogen-bond acceptors (Lipinski definition) is 5. The first kappa shape index (κ1) is 16.0. The molecule has 1 N–H and O–H groups in total. The lowest BCUT2D eigenvalue weighted by Gasteiger charge is -2.25. The average molecular weight is 291 g/mol. The Kier molecular flexibility index (Phi) is 5.39. The monoisotopic (exact) mass is 291 g/mol. The van der Waals surface area contributed by atoms with Crippen LogP contribution in [0, 0.1) is 12.8 Å². The van der Waals surface area contributed by atoms with Gasteiger partial charge in [-0.2, -0.15) is 0 Å². The maximum Gasteiger partial charge on any atom is 0.137 e. The molecule has 1 fully saturated rings. The molecule has 0 bridgehead atoms. The van der Waals surface area contributed by atoms with E-state index in [4.69, 9.17) is 4.98 Å². The Morgan fingerprint density at radius 3 is 2.67 bits per heavy atom. The summed E-state index contributed by atoms with van der Waals surface area (Å²) in [5.74, 6) is 3.71. The van der Waals surface area contributed by atoms with Crippen LogP contribution in [-0.2, 0) is 6.42 Å². The highest BCUT2D eigenvalue weighted by atomic mass is 15.2. The Morgan fingerprint density at radius 1 is 1.33 bits per heavy atom. The molecule has 0 aromatic carbocycles. The topological polar surface area (TPSA) is 44.3 Å². The van der Waals surface area contributed by atoms with Crippen molar-refractivity contribution in [3.63, 3.8) is 0 Å². The van der Waals surface area contributed by atoms with Gasteiger partial charge in [0.2, 0.25) is 0 Å². The Labute approximate surface area is 128 Å². The molecule has 1 aliphatic heterocycles. The van der Waals surface area contributed by atoms with E-state index in [0.29, 0.717) is 0 Å². The quantitative estimate of drug-likeness (QED) is 0.870. The molecule has 0 saturated carbocycles. The van der Waals surface area contributed by atoms with E-state index in [9.17, 15) is 0 Å².